The molecule has 0 bridgehead atoms. The summed E-state index contributed by atoms with van der Waals surface area (Å²) in [6, 6.07) is 6.58. The van der Waals surface area contributed by atoms with Crippen LogP contribution in [-0.2, 0) is 0 Å². The Bertz CT molecular complexity index is 436. The van der Waals surface area contributed by atoms with E-state index in [1.165, 1.54) is 19.3 Å². The summed E-state index contributed by atoms with van der Waals surface area (Å²) in [4.78, 5) is 2.56. The number of hydrogen-bond acceptors (Lipinski definition) is 3. The molecule has 0 unspecified atom stereocenters. The molecule has 0 spiro atoms. The van der Waals surface area contributed by atoms with E-state index in [9.17, 15) is 5.11 Å². The summed E-state index contributed by atoms with van der Waals surface area (Å²) in [6.45, 7) is 6.35. The molecule has 104 valence electrons. The fraction of sp³-hybridized carbons (Fsp3) is 0.625. The Morgan fingerprint density at radius 2 is 2.00 bits per heavy atom. The molecule has 1 aliphatic heterocycles. The number of nitrogens with one attached hydrogen (secondary N) is 1. The molecule has 3 nitrogen and oxygen atoms in total. The molecule has 2 fully saturated rings. The number of phenolic OH excluding ortho intramolecular Hbond substituents is 1. The van der Waals surface area contributed by atoms with Crippen LogP contribution in [0, 0.1) is 12.8 Å². The van der Waals surface area contributed by atoms with Crippen molar-refractivity contribution in [1.29, 1.82) is 0 Å². The highest BCUT2D eigenvalue weighted by atomic mass is 16.3. The van der Waals surface area contributed by atoms with Gasteiger partial charge in [0.2, 0.25) is 0 Å². The molecule has 3 rings (SSSR count). The molecule has 1 aromatic carbocycles. The molecule has 1 aliphatic carbocycles. The van der Waals surface area contributed by atoms with Crippen LogP contribution in [0.2, 0.25) is 0 Å². The van der Waals surface area contributed by atoms with Gasteiger partial charge < -0.3 is 10.4 Å². The minimum absolute atomic E-state index is 0.413. The second-order valence-corrected chi connectivity index (χ2v) is 5.98. The fourth-order valence-corrected chi connectivity index (χ4v) is 3.37. The maximum absolute atomic E-state index is 10.3. The maximum Gasteiger partial charge on any atom is 0.120 e. The molecule has 0 radical (unpaired) electrons. The maximum atomic E-state index is 10.3. The zero-order valence-electron chi connectivity index (χ0n) is 11.7. The van der Waals surface area contributed by atoms with Crippen LogP contribution in [0.4, 0.5) is 0 Å². The first-order valence-electron chi connectivity index (χ1n) is 7.50. The van der Waals surface area contributed by atoms with Crippen molar-refractivity contribution in [2.75, 3.05) is 26.2 Å². The molecule has 2 aliphatic rings. The summed E-state index contributed by atoms with van der Waals surface area (Å²) >= 11 is 0. The Balaban J connectivity index is 1.88. The second kappa shape index (κ2) is 5.51. The molecule has 1 saturated heterocycles. The van der Waals surface area contributed by atoms with Gasteiger partial charge in [-0.15, -0.1) is 0 Å². The SMILES string of the molecule is Cc1ccc([C@@H](C2CCC2)N2CCNCC2)c(O)c1. The zero-order chi connectivity index (χ0) is 13.2. The lowest BCUT2D eigenvalue weighted by molar-refractivity contribution is 0.0819. The lowest BCUT2D eigenvalue weighted by atomic mass is 9.76. The van der Waals surface area contributed by atoms with Gasteiger partial charge in [-0.1, -0.05) is 18.6 Å². The highest BCUT2D eigenvalue weighted by Crippen LogP contribution is 2.44. The van der Waals surface area contributed by atoms with Crippen molar-refractivity contribution in [2.24, 2.45) is 5.92 Å². The molecule has 2 N–H and O–H groups in total. The van der Waals surface area contributed by atoms with Crippen LogP contribution in [-0.4, -0.2) is 36.2 Å². The van der Waals surface area contributed by atoms with E-state index >= 15 is 0 Å². The number of nitrogens with zero attached hydrogens (tertiary/aromatic N) is 1. The Morgan fingerprint density at radius 3 is 2.58 bits per heavy atom. The zero-order valence-corrected chi connectivity index (χ0v) is 11.7. The minimum Gasteiger partial charge on any atom is -0.508 e. The number of hydrogen-bond donors (Lipinski definition) is 2. The van der Waals surface area contributed by atoms with Gasteiger partial charge in [0.15, 0.2) is 0 Å². The van der Waals surface area contributed by atoms with Gasteiger partial charge in [0.25, 0.3) is 0 Å². The van der Waals surface area contributed by atoms with Crippen LogP contribution in [0.1, 0.15) is 36.4 Å². The van der Waals surface area contributed by atoms with Gasteiger partial charge >= 0.3 is 0 Å². The number of phenols is 1. The number of aryl methyl sites for hydroxylation is 1. The van der Waals surface area contributed by atoms with Crippen molar-refractivity contribution < 1.29 is 5.11 Å². The summed E-state index contributed by atoms with van der Waals surface area (Å²) < 4.78 is 0. The average molecular weight is 260 g/mol. The summed E-state index contributed by atoms with van der Waals surface area (Å²) in [5.74, 6) is 1.21. The highest BCUT2D eigenvalue weighted by Gasteiger charge is 2.34. The van der Waals surface area contributed by atoms with E-state index in [1.807, 2.05) is 13.0 Å². The predicted molar refractivity (Wildman–Crippen MR) is 77.4 cm³/mol. The van der Waals surface area contributed by atoms with Crippen LogP contribution in [0.25, 0.3) is 0 Å². The van der Waals surface area contributed by atoms with Gasteiger partial charge in [0, 0.05) is 37.8 Å². The summed E-state index contributed by atoms with van der Waals surface area (Å²) in [5, 5.41) is 13.7. The molecule has 19 heavy (non-hydrogen) atoms. The van der Waals surface area contributed by atoms with Crippen LogP contribution in [0.3, 0.4) is 0 Å². The summed E-state index contributed by atoms with van der Waals surface area (Å²) in [6.07, 6.45) is 3.96. The van der Waals surface area contributed by atoms with Gasteiger partial charge in [-0.2, -0.15) is 0 Å². The first-order valence-corrected chi connectivity index (χ1v) is 7.50. The van der Waals surface area contributed by atoms with Crippen molar-refractivity contribution >= 4 is 0 Å². The predicted octanol–water partition coefficient (Wildman–Crippen LogP) is 2.45. The third kappa shape index (κ3) is 2.63. The quantitative estimate of drug-likeness (QED) is 0.876. The van der Waals surface area contributed by atoms with Crippen molar-refractivity contribution in [1.82, 2.24) is 10.2 Å². The van der Waals surface area contributed by atoms with E-state index < -0.39 is 0 Å². The molecule has 1 atom stereocenters. The molecular weight excluding hydrogens is 236 g/mol. The van der Waals surface area contributed by atoms with Gasteiger partial charge in [0.05, 0.1) is 0 Å². The molecule has 1 heterocycles. The summed E-state index contributed by atoms with van der Waals surface area (Å²) in [7, 11) is 0. The molecule has 0 aromatic heterocycles. The van der Waals surface area contributed by atoms with E-state index in [4.69, 9.17) is 0 Å². The molecule has 1 aromatic rings. The summed E-state index contributed by atoms with van der Waals surface area (Å²) in [5.41, 5.74) is 2.27. The van der Waals surface area contributed by atoms with Crippen LogP contribution >= 0.6 is 0 Å². The van der Waals surface area contributed by atoms with Crippen molar-refractivity contribution in [3.63, 3.8) is 0 Å². The van der Waals surface area contributed by atoms with Gasteiger partial charge in [-0.3, -0.25) is 4.90 Å². The van der Waals surface area contributed by atoms with Crippen molar-refractivity contribution in [2.45, 2.75) is 32.2 Å². The number of aromatic hydroxyl groups is 1. The Kier molecular flexibility index (Phi) is 3.76. The van der Waals surface area contributed by atoms with Gasteiger partial charge in [0.1, 0.15) is 5.75 Å². The lowest BCUT2D eigenvalue weighted by Gasteiger charge is -2.43. The largest absolute Gasteiger partial charge is 0.508 e. The van der Waals surface area contributed by atoms with Gasteiger partial charge in [-0.25, -0.2) is 0 Å². The fourth-order valence-electron chi connectivity index (χ4n) is 3.37. The number of rotatable bonds is 3. The third-order valence-corrected chi connectivity index (χ3v) is 4.65. The van der Waals surface area contributed by atoms with Crippen molar-refractivity contribution in [3.8, 4) is 5.75 Å². The monoisotopic (exact) mass is 260 g/mol. The Hall–Kier alpha value is -1.06. The Morgan fingerprint density at radius 1 is 1.26 bits per heavy atom. The van der Waals surface area contributed by atoms with E-state index in [1.54, 1.807) is 0 Å². The second-order valence-electron chi connectivity index (χ2n) is 5.98. The first kappa shape index (κ1) is 12.9. The minimum atomic E-state index is 0.413. The van der Waals surface area contributed by atoms with Crippen molar-refractivity contribution in [3.05, 3.63) is 29.3 Å². The average Bonchev–Trinajstić information content (AvgIpc) is 2.35. The molecule has 3 heteroatoms. The molecular formula is C16H24N2O. The molecule has 1 saturated carbocycles. The smallest absolute Gasteiger partial charge is 0.120 e. The highest BCUT2D eigenvalue weighted by molar-refractivity contribution is 5.38. The molecule has 0 amide bonds. The lowest BCUT2D eigenvalue weighted by Crippen LogP contribution is -2.47. The van der Waals surface area contributed by atoms with Crippen LogP contribution in [0.15, 0.2) is 18.2 Å². The van der Waals surface area contributed by atoms with E-state index in [0.29, 0.717) is 11.8 Å². The Labute approximate surface area is 115 Å². The first-order chi connectivity index (χ1) is 9.25. The van der Waals surface area contributed by atoms with Gasteiger partial charge in [-0.05, 0) is 37.3 Å². The van der Waals surface area contributed by atoms with Crippen LogP contribution in [0.5, 0.6) is 5.75 Å². The topological polar surface area (TPSA) is 35.5 Å². The van der Waals surface area contributed by atoms with Crippen LogP contribution < -0.4 is 5.32 Å². The standard InChI is InChI=1S/C16H24N2O/c1-12-5-6-14(15(19)11-12)16(13-3-2-4-13)18-9-7-17-8-10-18/h5-6,11,13,16-17,19H,2-4,7-10H2,1H3/t16-/m1/s1. The number of piperazine rings is 1. The van der Waals surface area contributed by atoms with E-state index in [0.717, 1.165) is 43.2 Å². The van der Waals surface area contributed by atoms with E-state index in [2.05, 4.69) is 22.3 Å². The van der Waals surface area contributed by atoms with E-state index in [-0.39, 0.29) is 0 Å². The third-order valence-electron chi connectivity index (χ3n) is 4.65. The number of benzene rings is 1. The normalized spacial score (nSPS) is 23.0.